The Morgan fingerprint density at radius 1 is 1.40 bits per heavy atom. The molecule has 0 atom stereocenters. The molecule has 0 aliphatic heterocycles. The van der Waals surface area contributed by atoms with Crippen molar-refractivity contribution in [1.82, 2.24) is 9.78 Å². The van der Waals surface area contributed by atoms with Crippen molar-refractivity contribution in [2.75, 3.05) is 6.61 Å². The third-order valence-electron chi connectivity index (χ3n) is 2.76. The Kier molecular flexibility index (Phi) is 3.93. The van der Waals surface area contributed by atoms with Crippen LogP contribution in [-0.4, -0.2) is 22.4 Å². The number of benzene rings is 1. The summed E-state index contributed by atoms with van der Waals surface area (Å²) in [6.07, 6.45) is 1.38. The van der Waals surface area contributed by atoms with E-state index in [9.17, 15) is 14.0 Å². The number of esters is 1. The zero-order valence-electron chi connectivity index (χ0n) is 11.1. The van der Waals surface area contributed by atoms with Crippen molar-refractivity contribution in [3.05, 3.63) is 57.8 Å². The van der Waals surface area contributed by atoms with Crippen LogP contribution in [0.4, 0.5) is 4.39 Å². The van der Waals surface area contributed by atoms with E-state index in [1.807, 2.05) is 0 Å². The molecule has 0 aliphatic carbocycles. The minimum atomic E-state index is -0.791. The Hall–Kier alpha value is -2.50. The molecular weight excluding hydrogens is 263 g/mol. The SMILES string of the molecule is CCOC(=O)c1nn(-c2cccc(F)c2C)ccc1=O. The Morgan fingerprint density at radius 2 is 2.15 bits per heavy atom. The van der Waals surface area contributed by atoms with Crippen molar-refractivity contribution in [2.24, 2.45) is 0 Å². The van der Waals surface area contributed by atoms with Gasteiger partial charge in [-0.05, 0) is 26.0 Å². The van der Waals surface area contributed by atoms with E-state index < -0.39 is 11.4 Å². The van der Waals surface area contributed by atoms with Crippen molar-refractivity contribution in [3.63, 3.8) is 0 Å². The molecule has 0 fully saturated rings. The molecule has 0 aliphatic rings. The highest BCUT2D eigenvalue weighted by Gasteiger charge is 2.15. The lowest BCUT2D eigenvalue weighted by molar-refractivity contribution is 0.0515. The molecule has 0 saturated heterocycles. The van der Waals surface area contributed by atoms with Gasteiger partial charge < -0.3 is 4.74 Å². The van der Waals surface area contributed by atoms with Crippen LogP contribution < -0.4 is 5.43 Å². The summed E-state index contributed by atoms with van der Waals surface area (Å²) in [6.45, 7) is 3.37. The number of ether oxygens (including phenoxy) is 1. The van der Waals surface area contributed by atoms with Crippen LogP contribution in [0, 0.1) is 12.7 Å². The van der Waals surface area contributed by atoms with E-state index in [1.165, 1.54) is 29.1 Å². The average Bonchev–Trinajstić information content (AvgIpc) is 2.43. The molecule has 5 nitrogen and oxygen atoms in total. The van der Waals surface area contributed by atoms with Crippen LogP contribution >= 0.6 is 0 Å². The van der Waals surface area contributed by atoms with Crippen molar-refractivity contribution in [2.45, 2.75) is 13.8 Å². The van der Waals surface area contributed by atoms with E-state index in [0.717, 1.165) is 0 Å². The number of hydrogen-bond donors (Lipinski definition) is 0. The van der Waals surface area contributed by atoms with Gasteiger partial charge in [0, 0.05) is 17.8 Å². The molecule has 20 heavy (non-hydrogen) atoms. The van der Waals surface area contributed by atoms with Gasteiger partial charge >= 0.3 is 5.97 Å². The van der Waals surface area contributed by atoms with Crippen LogP contribution in [0.15, 0.2) is 35.3 Å². The molecule has 1 aromatic heterocycles. The topological polar surface area (TPSA) is 61.2 Å². The van der Waals surface area contributed by atoms with Gasteiger partial charge in [-0.1, -0.05) is 6.07 Å². The number of carbonyl (C=O) groups excluding carboxylic acids is 1. The zero-order valence-corrected chi connectivity index (χ0v) is 11.1. The smallest absolute Gasteiger partial charge is 0.362 e. The third-order valence-corrected chi connectivity index (χ3v) is 2.76. The van der Waals surface area contributed by atoms with Crippen LogP contribution in [0.5, 0.6) is 0 Å². The Morgan fingerprint density at radius 3 is 2.85 bits per heavy atom. The summed E-state index contributed by atoms with van der Waals surface area (Å²) in [4.78, 5) is 23.2. The van der Waals surface area contributed by atoms with Crippen molar-refractivity contribution in [1.29, 1.82) is 0 Å². The highest BCUT2D eigenvalue weighted by atomic mass is 19.1. The van der Waals surface area contributed by atoms with Crippen LogP contribution in [0.25, 0.3) is 5.69 Å². The second-order valence-corrected chi connectivity index (χ2v) is 4.08. The van der Waals surface area contributed by atoms with Gasteiger partial charge in [0.25, 0.3) is 0 Å². The molecule has 0 N–H and O–H groups in total. The molecule has 1 aromatic carbocycles. The lowest BCUT2D eigenvalue weighted by atomic mass is 10.2. The molecular formula is C14H13FN2O3. The monoisotopic (exact) mass is 276 g/mol. The van der Waals surface area contributed by atoms with Crippen molar-refractivity contribution >= 4 is 5.97 Å². The predicted octanol–water partition coefficient (Wildman–Crippen LogP) is 1.86. The van der Waals surface area contributed by atoms with Crippen LogP contribution in [-0.2, 0) is 4.74 Å². The summed E-state index contributed by atoms with van der Waals surface area (Å²) in [5.74, 6) is -1.18. The fourth-order valence-electron chi connectivity index (χ4n) is 1.73. The maximum atomic E-state index is 13.5. The van der Waals surface area contributed by atoms with Crippen LogP contribution in [0.3, 0.4) is 0 Å². The van der Waals surface area contributed by atoms with Crippen molar-refractivity contribution in [3.8, 4) is 5.69 Å². The first kappa shape index (κ1) is 13.9. The van der Waals surface area contributed by atoms with Crippen LogP contribution in [0.1, 0.15) is 23.0 Å². The van der Waals surface area contributed by atoms with E-state index in [4.69, 9.17) is 4.74 Å². The molecule has 2 aromatic rings. The fraction of sp³-hybridized carbons (Fsp3) is 0.214. The molecule has 0 saturated carbocycles. The lowest BCUT2D eigenvalue weighted by Crippen LogP contribution is -2.22. The van der Waals surface area contributed by atoms with E-state index in [0.29, 0.717) is 11.3 Å². The normalized spacial score (nSPS) is 10.3. The number of rotatable bonds is 3. The van der Waals surface area contributed by atoms with E-state index in [1.54, 1.807) is 19.9 Å². The van der Waals surface area contributed by atoms with Crippen molar-refractivity contribution < 1.29 is 13.9 Å². The third kappa shape index (κ3) is 2.59. The summed E-state index contributed by atoms with van der Waals surface area (Å²) in [5, 5.41) is 3.93. The highest BCUT2D eigenvalue weighted by Crippen LogP contribution is 2.15. The second-order valence-electron chi connectivity index (χ2n) is 4.08. The number of carbonyl (C=O) groups is 1. The van der Waals surface area contributed by atoms with E-state index >= 15 is 0 Å². The maximum Gasteiger partial charge on any atom is 0.362 e. The molecule has 2 rings (SSSR count). The molecule has 1 heterocycles. The minimum Gasteiger partial charge on any atom is -0.461 e. The Labute approximate surface area is 114 Å². The van der Waals surface area contributed by atoms with Gasteiger partial charge in [-0.25, -0.2) is 13.9 Å². The van der Waals surface area contributed by atoms with E-state index in [-0.39, 0.29) is 18.1 Å². The molecule has 0 spiro atoms. The number of nitrogens with zero attached hydrogens (tertiary/aromatic N) is 2. The zero-order chi connectivity index (χ0) is 14.7. The first-order valence-electron chi connectivity index (χ1n) is 6.07. The van der Waals surface area contributed by atoms with Gasteiger partial charge in [0.1, 0.15) is 5.82 Å². The Balaban J connectivity index is 2.54. The molecule has 0 bridgehead atoms. The molecule has 0 unspecified atom stereocenters. The maximum absolute atomic E-state index is 13.5. The first-order valence-corrected chi connectivity index (χ1v) is 6.07. The minimum absolute atomic E-state index is 0.147. The first-order chi connectivity index (χ1) is 9.54. The van der Waals surface area contributed by atoms with Crippen LogP contribution in [0.2, 0.25) is 0 Å². The molecule has 6 heteroatoms. The second kappa shape index (κ2) is 5.64. The van der Waals surface area contributed by atoms with Gasteiger partial charge in [-0.15, -0.1) is 0 Å². The summed E-state index contributed by atoms with van der Waals surface area (Å²) in [7, 11) is 0. The van der Waals surface area contributed by atoms with Gasteiger partial charge in [-0.3, -0.25) is 4.79 Å². The summed E-state index contributed by atoms with van der Waals surface area (Å²) in [5.41, 5.74) is -0.0271. The lowest BCUT2D eigenvalue weighted by Gasteiger charge is -2.10. The van der Waals surface area contributed by atoms with Gasteiger partial charge in [0.05, 0.1) is 12.3 Å². The highest BCUT2D eigenvalue weighted by molar-refractivity contribution is 5.86. The molecule has 0 radical (unpaired) electrons. The molecule has 0 amide bonds. The quantitative estimate of drug-likeness (QED) is 0.803. The predicted molar refractivity (Wildman–Crippen MR) is 70.5 cm³/mol. The summed E-state index contributed by atoms with van der Waals surface area (Å²) < 4.78 is 19.6. The number of hydrogen-bond acceptors (Lipinski definition) is 4. The summed E-state index contributed by atoms with van der Waals surface area (Å²) >= 11 is 0. The van der Waals surface area contributed by atoms with Gasteiger partial charge in [0.2, 0.25) is 11.1 Å². The number of aromatic nitrogens is 2. The Bertz CT molecular complexity index is 710. The molecule has 104 valence electrons. The standard InChI is InChI=1S/C14H13FN2O3/c1-3-20-14(19)13-12(18)7-8-17(16-13)11-6-4-5-10(15)9(11)2/h4-8H,3H2,1-2H3. The average molecular weight is 276 g/mol. The van der Waals surface area contributed by atoms with Gasteiger partial charge in [-0.2, -0.15) is 5.10 Å². The number of halogens is 1. The van der Waals surface area contributed by atoms with Gasteiger partial charge in [0.15, 0.2) is 0 Å². The van der Waals surface area contributed by atoms with E-state index in [2.05, 4.69) is 5.10 Å². The summed E-state index contributed by atoms with van der Waals surface area (Å²) in [6, 6.07) is 5.70. The largest absolute Gasteiger partial charge is 0.461 e. The fourth-order valence-corrected chi connectivity index (χ4v) is 1.73.